The molecule has 0 aromatic heterocycles. The van der Waals surface area contributed by atoms with Crippen LogP contribution in [0.25, 0.3) is 0 Å². The average molecular weight is 195 g/mol. The van der Waals surface area contributed by atoms with Crippen molar-refractivity contribution in [2.24, 2.45) is 11.8 Å². The Morgan fingerprint density at radius 1 is 1.29 bits per heavy atom. The van der Waals surface area contributed by atoms with Gasteiger partial charge in [-0.25, -0.2) is 0 Å². The van der Waals surface area contributed by atoms with Crippen LogP contribution >= 0.6 is 0 Å². The molecule has 0 spiro atoms. The van der Waals surface area contributed by atoms with Crippen LogP contribution in [0, 0.1) is 11.8 Å². The lowest BCUT2D eigenvalue weighted by Gasteiger charge is -2.46. The van der Waals surface area contributed by atoms with Gasteiger partial charge in [0, 0.05) is 19.5 Å². The quantitative estimate of drug-likeness (QED) is 0.581. The normalized spacial score (nSPS) is 37.9. The van der Waals surface area contributed by atoms with Crippen LogP contribution in [-0.2, 0) is 4.79 Å². The minimum absolute atomic E-state index is 0.286. The van der Waals surface area contributed by atoms with Crippen molar-refractivity contribution in [3.05, 3.63) is 0 Å². The summed E-state index contributed by atoms with van der Waals surface area (Å²) in [7, 11) is 0. The minimum Gasteiger partial charge on any atom is -0.339 e. The molecular weight excluding hydrogens is 174 g/mol. The third kappa shape index (κ3) is 1.79. The molecule has 1 saturated carbocycles. The maximum absolute atomic E-state index is 11.5. The summed E-state index contributed by atoms with van der Waals surface area (Å²) >= 11 is 0. The molecule has 1 amide bonds. The smallest absolute Gasteiger partial charge is 0.219 e. The summed E-state index contributed by atoms with van der Waals surface area (Å²) < 4.78 is 0. The van der Waals surface area contributed by atoms with Crippen molar-refractivity contribution < 1.29 is 4.79 Å². The first-order valence-electron chi connectivity index (χ1n) is 5.95. The number of rotatable bonds is 0. The number of carbonyl (C=O) groups excluding carboxylic acids is 1. The van der Waals surface area contributed by atoms with Crippen molar-refractivity contribution in [2.75, 3.05) is 6.54 Å². The van der Waals surface area contributed by atoms with Gasteiger partial charge in [-0.15, -0.1) is 0 Å². The van der Waals surface area contributed by atoms with E-state index in [-0.39, 0.29) is 5.91 Å². The lowest BCUT2D eigenvalue weighted by molar-refractivity contribution is -0.136. The molecule has 0 aromatic rings. The van der Waals surface area contributed by atoms with Crippen LogP contribution in [0.1, 0.15) is 46.0 Å². The summed E-state index contributed by atoms with van der Waals surface area (Å²) in [5.41, 5.74) is 0. The fraction of sp³-hybridized carbons (Fsp3) is 0.917. The van der Waals surface area contributed by atoms with E-state index < -0.39 is 0 Å². The number of amides is 1. The highest BCUT2D eigenvalue weighted by molar-refractivity contribution is 5.73. The van der Waals surface area contributed by atoms with Crippen LogP contribution in [0.3, 0.4) is 0 Å². The Labute approximate surface area is 86.7 Å². The van der Waals surface area contributed by atoms with Gasteiger partial charge in [-0.05, 0) is 31.1 Å². The fourth-order valence-electron chi connectivity index (χ4n) is 3.30. The molecule has 1 saturated heterocycles. The van der Waals surface area contributed by atoms with Gasteiger partial charge in [-0.3, -0.25) is 4.79 Å². The van der Waals surface area contributed by atoms with Crippen molar-refractivity contribution in [3.63, 3.8) is 0 Å². The van der Waals surface area contributed by atoms with Gasteiger partial charge in [0.05, 0.1) is 0 Å². The molecule has 80 valence electrons. The van der Waals surface area contributed by atoms with Gasteiger partial charge in [0.15, 0.2) is 0 Å². The highest BCUT2D eigenvalue weighted by Crippen LogP contribution is 2.37. The fourth-order valence-corrected chi connectivity index (χ4v) is 3.30. The summed E-state index contributed by atoms with van der Waals surface area (Å²) in [6.45, 7) is 5.00. The van der Waals surface area contributed by atoms with E-state index in [2.05, 4.69) is 11.8 Å². The standard InChI is InChI=1S/C12H21NO/c1-9-7-11-5-3-4-6-12(11)13(8-9)10(2)14/h9,11-12H,3-8H2,1-2H3/t9-,11?,12?/m1/s1. The highest BCUT2D eigenvalue weighted by Gasteiger charge is 2.36. The monoisotopic (exact) mass is 195 g/mol. The molecule has 2 unspecified atom stereocenters. The van der Waals surface area contributed by atoms with E-state index >= 15 is 0 Å². The first kappa shape index (κ1) is 10.0. The average Bonchev–Trinajstić information content (AvgIpc) is 2.16. The second-order valence-electron chi connectivity index (χ2n) is 5.12. The summed E-state index contributed by atoms with van der Waals surface area (Å²) in [6, 6.07) is 0.581. The number of hydrogen-bond donors (Lipinski definition) is 0. The Balaban J connectivity index is 2.10. The molecule has 2 aliphatic rings. The summed E-state index contributed by atoms with van der Waals surface area (Å²) in [6.07, 6.45) is 6.63. The van der Waals surface area contributed by atoms with E-state index in [9.17, 15) is 4.79 Å². The Kier molecular flexibility index (Phi) is 2.80. The van der Waals surface area contributed by atoms with E-state index in [0.29, 0.717) is 12.0 Å². The van der Waals surface area contributed by atoms with Crippen molar-refractivity contribution in [3.8, 4) is 0 Å². The molecule has 2 fully saturated rings. The molecule has 2 nitrogen and oxygen atoms in total. The molecule has 2 rings (SSSR count). The second-order valence-corrected chi connectivity index (χ2v) is 5.12. The van der Waals surface area contributed by atoms with Gasteiger partial charge < -0.3 is 4.90 Å². The number of carbonyl (C=O) groups is 1. The number of nitrogens with zero attached hydrogens (tertiary/aromatic N) is 1. The minimum atomic E-state index is 0.286. The van der Waals surface area contributed by atoms with Gasteiger partial charge in [0.1, 0.15) is 0 Å². The van der Waals surface area contributed by atoms with Gasteiger partial charge in [0.2, 0.25) is 5.91 Å². The maximum Gasteiger partial charge on any atom is 0.219 e. The van der Waals surface area contributed by atoms with E-state index in [1.54, 1.807) is 6.92 Å². The van der Waals surface area contributed by atoms with Crippen LogP contribution in [0.5, 0.6) is 0 Å². The zero-order valence-corrected chi connectivity index (χ0v) is 9.33. The number of likely N-dealkylation sites (tertiary alicyclic amines) is 1. The molecule has 1 heterocycles. The highest BCUT2D eigenvalue weighted by atomic mass is 16.2. The van der Waals surface area contributed by atoms with E-state index in [1.165, 1.54) is 32.1 Å². The Hall–Kier alpha value is -0.530. The van der Waals surface area contributed by atoms with Crippen LogP contribution in [-0.4, -0.2) is 23.4 Å². The molecule has 0 aromatic carbocycles. The predicted molar refractivity (Wildman–Crippen MR) is 56.9 cm³/mol. The molecule has 3 atom stereocenters. The van der Waals surface area contributed by atoms with Crippen molar-refractivity contribution in [1.82, 2.24) is 4.90 Å². The van der Waals surface area contributed by atoms with Gasteiger partial charge in [-0.2, -0.15) is 0 Å². The summed E-state index contributed by atoms with van der Waals surface area (Å²) in [4.78, 5) is 13.7. The van der Waals surface area contributed by atoms with Crippen molar-refractivity contribution in [2.45, 2.75) is 52.0 Å². The lowest BCUT2D eigenvalue weighted by Crippen LogP contribution is -2.51. The molecule has 0 radical (unpaired) electrons. The van der Waals surface area contributed by atoms with Crippen LogP contribution in [0.2, 0.25) is 0 Å². The van der Waals surface area contributed by atoms with E-state index in [4.69, 9.17) is 0 Å². The number of fused-ring (bicyclic) bond motifs is 1. The molecular formula is C12H21NO. The molecule has 0 N–H and O–H groups in total. The molecule has 1 aliphatic heterocycles. The first-order chi connectivity index (χ1) is 6.68. The topological polar surface area (TPSA) is 20.3 Å². The van der Waals surface area contributed by atoms with Crippen molar-refractivity contribution >= 4 is 5.91 Å². The summed E-state index contributed by atoms with van der Waals surface area (Å²) in [5, 5.41) is 0. The van der Waals surface area contributed by atoms with Crippen LogP contribution < -0.4 is 0 Å². The van der Waals surface area contributed by atoms with Crippen LogP contribution in [0.15, 0.2) is 0 Å². The largest absolute Gasteiger partial charge is 0.339 e. The SMILES string of the molecule is CC(=O)N1C[C@H](C)CC2CCCCC21. The zero-order chi connectivity index (χ0) is 10.1. The third-order valence-electron chi connectivity index (χ3n) is 3.89. The van der Waals surface area contributed by atoms with Gasteiger partial charge in [-0.1, -0.05) is 19.8 Å². The first-order valence-corrected chi connectivity index (χ1v) is 5.95. The Morgan fingerprint density at radius 2 is 2.00 bits per heavy atom. The molecule has 1 aliphatic carbocycles. The Bertz CT molecular complexity index is 226. The van der Waals surface area contributed by atoms with E-state index in [1.807, 2.05) is 0 Å². The van der Waals surface area contributed by atoms with Crippen molar-refractivity contribution in [1.29, 1.82) is 0 Å². The molecule has 14 heavy (non-hydrogen) atoms. The Morgan fingerprint density at radius 3 is 2.71 bits per heavy atom. The van der Waals surface area contributed by atoms with Gasteiger partial charge in [0.25, 0.3) is 0 Å². The van der Waals surface area contributed by atoms with Gasteiger partial charge >= 0.3 is 0 Å². The number of hydrogen-bond acceptors (Lipinski definition) is 1. The number of piperidine rings is 1. The molecule has 0 bridgehead atoms. The summed E-state index contributed by atoms with van der Waals surface area (Å²) in [5.74, 6) is 1.79. The third-order valence-corrected chi connectivity index (χ3v) is 3.89. The zero-order valence-electron chi connectivity index (χ0n) is 9.33. The lowest BCUT2D eigenvalue weighted by atomic mass is 9.75. The van der Waals surface area contributed by atoms with E-state index in [0.717, 1.165) is 12.5 Å². The predicted octanol–water partition coefficient (Wildman–Crippen LogP) is 2.43. The maximum atomic E-state index is 11.5. The second kappa shape index (κ2) is 3.92. The molecule has 2 heteroatoms. The van der Waals surface area contributed by atoms with Crippen LogP contribution in [0.4, 0.5) is 0 Å².